The summed E-state index contributed by atoms with van der Waals surface area (Å²) in [6, 6.07) is 7.83. The van der Waals surface area contributed by atoms with E-state index in [0.29, 0.717) is 30.2 Å². The lowest BCUT2D eigenvalue weighted by Gasteiger charge is -2.11. The third kappa shape index (κ3) is 3.66. The van der Waals surface area contributed by atoms with Gasteiger partial charge < -0.3 is 18.7 Å². The van der Waals surface area contributed by atoms with Crippen LogP contribution in [-0.2, 0) is 17.7 Å². The Morgan fingerprint density at radius 2 is 2.00 bits per heavy atom. The van der Waals surface area contributed by atoms with Crippen molar-refractivity contribution in [3.8, 4) is 22.6 Å². The molecule has 154 valence electrons. The Morgan fingerprint density at radius 3 is 2.70 bits per heavy atom. The van der Waals surface area contributed by atoms with E-state index in [0.717, 1.165) is 11.3 Å². The van der Waals surface area contributed by atoms with E-state index >= 15 is 0 Å². The molecule has 4 rings (SSSR count). The number of fused-ring (bicyclic) bond motifs is 1. The molecule has 2 aromatic rings. The lowest BCUT2D eigenvalue weighted by atomic mass is 10.1. The van der Waals surface area contributed by atoms with Crippen LogP contribution >= 0.6 is 0 Å². The number of benzene rings is 1. The zero-order valence-corrected chi connectivity index (χ0v) is 16.7. The van der Waals surface area contributed by atoms with E-state index in [2.05, 4.69) is 20.3 Å². The van der Waals surface area contributed by atoms with E-state index in [1.807, 2.05) is 43.3 Å². The highest BCUT2D eigenvalue weighted by molar-refractivity contribution is 5.95. The van der Waals surface area contributed by atoms with Crippen molar-refractivity contribution in [2.24, 2.45) is 0 Å². The smallest absolute Gasteiger partial charge is 0.341 e. The second-order valence-electron chi connectivity index (χ2n) is 6.92. The molecule has 10 nitrogen and oxygen atoms in total. The van der Waals surface area contributed by atoms with E-state index in [9.17, 15) is 9.59 Å². The fourth-order valence-corrected chi connectivity index (χ4v) is 3.09. The molecule has 2 aliphatic rings. The summed E-state index contributed by atoms with van der Waals surface area (Å²) in [4.78, 5) is 30.5. The van der Waals surface area contributed by atoms with E-state index in [4.69, 9.17) is 9.26 Å². The molecule has 3 heterocycles. The third-order valence-electron chi connectivity index (χ3n) is 4.71. The fourth-order valence-electron chi connectivity index (χ4n) is 3.09. The number of hydrogen-bond donors (Lipinski definition) is 1. The van der Waals surface area contributed by atoms with E-state index in [1.54, 1.807) is 17.0 Å². The summed E-state index contributed by atoms with van der Waals surface area (Å²) in [5.41, 5.74) is 2.36. The van der Waals surface area contributed by atoms with Crippen molar-refractivity contribution in [1.29, 1.82) is 0 Å². The number of esters is 1. The highest BCUT2D eigenvalue weighted by Crippen LogP contribution is 2.22. The number of anilines is 1. The van der Waals surface area contributed by atoms with E-state index < -0.39 is 5.97 Å². The number of aromatic nitrogens is 5. The maximum absolute atomic E-state index is 12.1. The number of nitrogens with zero attached hydrogens (tertiary/aromatic N) is 5. The van der Waals surface area contributed by atoms with Gasteiger partial charge in [0, 0.05) is 50.7 Å². The minimum atomic E-state index is -0.568. The number of pyridine rings is 1. The molecule has 0 saturated heterocycles. The predicted octanol–water partition coefficient (Wildman–Crippen LogP) is 1.82. The van der Waals surface area contributed by atoms with Gasteiger partial charge in [-0.1, -0.05) is 5.16 Å². The fraction of sp³-hybridized carbons (Fsp3) is 0.250. The first-order valence-corrected chi connectivity index (χ1v) is 9.23. The highest BCUT2D eigenvalue weighted by Gasteiger charge is 2.22. The Bertz CT molecular complexity index is 1200. The second-order valence-corrected chi connectivity index (χ2v) is 6.92. The molecule has 0 fully saturated rings. The number of carbonyl (C=O) groups is 1. The van der Waals surface area contributed by atoms with Gasteiger partial charge in [0.15, 0.2) is 0 Å². The van der Waals surface area contributed by atoms with Crippen molar-refractivity contribution >= 4 is 11.7 Å². The number of carbonyl (C=O) groups excluding carboxylic acids is 1. The van der Waals surface area contributed by atoms with Crippen LogP contribution in [0.5, 0.6) is 0 Å². The Morgan fingerprint density at radius 1 is 1.23 bits per heavy atom. The number of methoxy groups -OCH3 is 1. The maximum atomic E-state index is 12.1. The SMILES string of the molecule is COC(=O)c1cn(CCc2nc(-c3ccc(N(C)C)cc3)no2)cc2c(=O)[nH]nc1-2. The Labute approximate surface area is 171 Å². The van der Waals surface area contributed by atoms with Crippen molar-refractivity contribution in [2.75, 3.05) is 26.1 Å². The van der Waals surface area contributed by atoms with Gasteiger partial charge in [-0.3, -0.25) is 4.79 Å². The summed E-state index contributed by atoms with van der Waals surface area (Å²) >= 11 is 0. The first kappa shape index (κ1) is 19.4. The van der Waals surface area contributed by atoms with Crippen LogP contribution < -0.4 is 10.5 Å². The minimum absolute atomic E-state index is 0.209. The van der Waals surface area contributed by atoms with Gasteiger partial charge in [-0.2, -0.15) is 10.1 Å². The highest BCUT2D eigenvalue weighted by atomic mass is 16.5. The van der Waals surface area contributed by atoms with E-state index in [-0.39, 0.29) is 16.8 Å². The zero-order chi connectivity index (χ0) is 21.3. The molecule has 0 atom stereocenters. The first-order chi connectivity index (χ1) is 14.5. The van der Waals surface area contributed by atoms with Gasteiger partial charge in [0.1, 0.15) is 11.3 Å². The molecule has 1 aromatic carbocycles. The molecule has 0 unspecified atom stereocenters. The van der Waals surface area contributed by atoms with Gasteiger partial charge in [-0.15, -0.1) is 0 Å². The largest absolute Gasteiger partial charge is 0.465 e. The quantitative estimate of drug-likeness (QED) is 0.480. The van der Waals surface area contributed by atoms with Crippen LogP contribution in [0.25, 0.3) is 22.6 Å². The Hall–Kier alpha value is -3.95. The molecule has 0 amide bonds. The zero-order valence-electron chi connectivity index (χ0n) is 16.7. The lowest BCUT2D eigenvalue weighted by molar-refractivity contribution is 0.0600. The molecule has 30 heavy (non-hydrogen) atoms. The van der Waals surface area contributed by atoms with Crippen LogP contribution in [0.1, 0.15) is 16.2 Å². The molecule has 0 saturated carbocycles. The van der Waals surface area contributed by atoms with Crippen molar-refractivity contribution in [3.63, 3.8) is 0 Å². The Kier molecular flexibility index (Phi) is 5.05. The van der Waals surface area contributed by atoms with Crippen LogP contribution in [-0.4, -0.2) is 52.1 Å². The van der Waals surface area contributed by atoms with Crippen LogP contribution in [0.4, 0.5) is 5.69 Å². The molecule has 0 radical (unpaired) electrons. The third-order valence-corrected chi connectivity index (χ3v) is 4.71. The number of aromatic amines is 1. The number of aryl methyl sites for hydroxylation is 2. The van der Waals surface area contributed by atoms with Crippen molar-refractivity contribution in [1.82, 2.24) is 24.9 Å². The summed E-state index contributed by atoms with van der Waals surface area (Å²) in [7, 11) is 5.23. The molecule has 2 aliphatic heterocycles. The lowest BCUT2D eigenvalue weighted by Crippen LogP contribution is -2.13. The normalized spacial score (nSPS) is 11.0. The molecule has 0 aliphatic carbocycles. The van der Waals surface area contributed by atoms with Crippen LogP contribution in [0.2, 0.25) is 0 Å². The van der Waals surface area contributed by atoms with Crippen LogP contribution in [0, 0.1) is 0 Å². The number of nitrogens with one attached hydrogen (secondary N) is 1. The monoisotopic (exact) mass is 408 g/mol. The van der Waals surface area contributed by atoms with Crippen molar-refractivity contribution in [2.45, 2.75) is 13.0 Å². The number of hydrogen-bond acceptors (Lipinski definition) is 8. The predicted molar refractivity (Wildman–Crippen MR) is 109 cm³/mol. The molecule has 10 heteroatoms. The molecule has 0 bridgehead atoms. The maximum Gasteiger partial charge on any atom is 0.341 e. The van der Waals surface area contributed by atoms with E-state index in [1.165, 1.54) is 7.11 Å². The molecular formula is C20H20N6O4. The molecule has 1 N–H and O–H groups in total. The molecule has 1 aromatic heterocycles. The summed E-state index contributed by atoms with van der Waals surface area (Å²) in [5, 5.41) is 10.3. The number of H-pyrrole nitrogens is 1. The number of ether oxygens (including phenoxy) is 1. The van der Waals surface area contributed by atoms with Gasteiger partial charge in [0.05, 0.1) is 12.7 Å². The summed E-state index contributed by atoms with van der Waals surface area (Å²) in [5.74, 6) is 0.383. The van der Waals surface area contributed by atoms with Crippen LogP contribution in [0.3, 0.4) is 0 Å². The van der Waals surface area contributed by atoms with Gasteiger partial charge in [-0.25, -0.2) is 9.89 Å². The topological polar surface area (TPSA) is 119 Å². The van der Waals surface area contributed by atoms with Crippen LogP contribution in [0.15, 0.2) is 46.0 Å². The average molecular weight is 408 g/mol. The van der Waals surface area contributed by atoms with Gasteiger partial charge in [0.25, 0.3) is 5.56 Å². The first-order valence-electron chi connectivity index (χ1n) is 9.23. The van der Waals surface area contributed by atoms with Gasteiger partial charge >= 0.3 is 5.97 Å². The second kappa shape index (κ2) is 7.82. The molecule has 0 spiro atoms. The number of rotatable bonds is 6. The standard InChI is InChI=1S/C20H20N6O4/c1-25(2)13-6-4-12(5-7-13)18-21-16(30-24-18)8-9-26-10-14-17(22-23-19(14)27)15(11-26)20(28)29-3/h4-7,10-11H,8-9H2,1-3H3,(H,23,27). The minimum Gasteiger partial charge on any atom is -0.465 e. The Balaban J connectivity index is 1.53. The molecular weight excluding hydrogens is 388 g/mol. The van der Waals surface area contributed by atoms with Crippen molar-refractivity contribution < 1.29 is 14.1 Å². The van der Waals surface area contributed by atoms with Crippen molar-refractivity contribution in [3.05, 3.63) is 58.5 Å². The van der Waals surface area contributed by atoms with Gasteiger partial charge in [-0.05, 0) is 24.3 Å². The average Bonchev–Trinajstić information content (AvgIpc) is 3.38. The summed E-state index contributed by atoms with van der Waals surface area (Å²) in [6.45, 7) is 0.422. The van der Waals surface area contributed by atoms with Gasteiger partial charge in [0.2, 0.25) is 11.7 Å². The summed E-state index contributed by atoms with van der Waals surface area (Å²) < 4.78 is 11.9. The summed E-state index contributed by atoms with van der Waals surface area (Å²) in [6.07, 6.45) is 3.64.